The van der Waals surface area contributed by atoms with Crippen LogP contribution in [0.5, 0.6) is 0 Å². The van der Waals surface area contributed by atoms with E-state index in [0.717, 1.165) is 0 Å². The van der Waals surface area contributed by atoms with Crippen LogP contribution in [0, 0.1) is 0 Å². The maximum Gasteiger partial charge on any atom is 0.323 e. The van der Waals surface area contributed by atoms with Crippen LogP contribution in [0.25, 0.3) is 0 Å². The van der Waals surface area contributed by atoms with E-state index in [1.165, 1.54) is 7.11 Å². The van der Waals surface area contributed by atoms with Crippen LogP contribution in [-0.4, -0.2) is 42.0 Å². The molecule has 2 atom stereocenters. The minimum absolute atomic E-state index is 0.309. The number of hydrogen-bond acceptors (Lipinski definition) is 5. The van der Waals surface area contributed by atoms with E-state index in [2.05, 4.69) is 10.1 Å². The van der Waals surface area contributed by atoms with Crippen molar-refractivity contribution in [2.75, 3.05) is 18.6 Å². The van der Waals surface area contributed by atoms with Gasteiger partial charge in [0, 0.05) is 11.5 Å². The minimum atomic E-state index is -0.585. The van der Waals surface area contributed by atoms with Gasteiger partial charge in [0.1, 0.15) is 12.3 Å². The minimum Gasteiger partial charge on any atom is -0.468 e. The third-order valence-corrected chi connectivity index (χ3v) is 2.56. The second kappa shape index (κ2) is 3.94. The Kier molecular flexibility index (Phi) is 3.16. The van der Waals surface area contributed by atoms with Crippen LogP contribution in [-0.2, 0) is 9.53 Å². The normalized spacial score (nSPS) is 31.5. The first-order valence-electron chi connectivity index (χ1n) is 3.33. The largest absolute Gasteiger partial charge is 0.468 e. The predicted octanol–water partition coefficient (Wildman–Crippen LogP) is -0.817. The monoisotopic (exact) mass is 177 g/mol. The summed E-state index contributed by atoms with van der Waals surface area (Å²) in [7, 11) is 1.34. The Balaban J connectivity index is 2.39. The zero-order chi connectivity index (χ0) is 8.27. The molecule has 2 unspecified atom stereocenters. The molecule has 0 bridgehead atoms. The van der Waals surface area contributed by atoms with Gasteiger partial charge < -0.3 is 9.84 Å². The zero-order valence-corrected chi connectivity index (χ0v) is 7.06. The van der Waals surface area contributed by atoms with Crippen molar-refractivity contribution >= 4 is 17.7 Å². The molecule has 0 aromatic rings. The van der Waals surface area contributed by atoms with Crippen molar-refractivity contribution in [3.63, 3.8) is 0 Å². The van der Waals surface area contributed by atoms with Crippen molar-refractivity contribution in [3.05, 3.63) is 0 Å². The molecule has 0 aliphatic carbocycles. The molecular weight excluding hydrogens is 166 g/mol. The van der Waals surface area contributed by atoms with E-state index >= 15 is 0 Å². The smallest absolute Gasteiger partial charge is 0.323 e. The maximum absolute atomic E-state index is 10.9. The molecule has 2 N–H and O–H groups in total. The second-order valence-corrected chi connectivity index (χ2v) is 3.37. The van der Waals surface area contributed by atoms with Gasteiger partial charge in [-0.25, -0.2) is 0 Å². The number of aliphatic hydroxyl groups excluding tert-OH is 1. The molecule has 0 aromatic heterocycles. The molecule has 4 nitrogen and oxygen atoms in total. The molecule has 1 heterocycles. The highest BCUT2D eigenvalue weighted by Crippen LogP contribution is 2.11. The van der Waals surface area contributed by atoms with Gasteiger partial charge in [-0.3, -0.25) is 10.1 Å². The fourth-order valence-corrected chi connectivity index (χ4v) is 1.83. The molecule has 0 saturated carbocycles. The van der Waals surface area contributed by atoms with Crippen molar-refractivity contribution in [2.24, 2.45) is 0 Å². The molecule has 0 aromatic carbocycles. The highest BCUT2D eigenvalue weighted by atomic mass is 32.2. The van der Waals surface area contributed by atoms with Crippen molar-refractivity contribution in [2.45, 2.75) is 12.3 Å². The van der Waals surface area contributed by atoms with Gasteiger partial charge in [-0.05, 0) is 0 Å². The van der Waals surface area contributed by atoms with E-state index in [4.69, 9.17) is 5.11 Å². The number of rotatable bonds is 1. The van der Waals surface area contributed by atoms with Gasteiger partial charge in [-0.2, -0.15) is 11.8 Å². The van der Waals surface area contributed by atoms with Crippen LogP contribution < -0.4 is 5.32 Å². The lowest BCUT2D eigenvalue weighted by Gasteiger charge is -2.25. The van der Waals surface area contributed by atoms with Crippen molar-refractivity contribution in [1.82, 2.24) is 5.32 Å². The number of nitrogens with one attached hydrogen (secondary N) is 1. The van der Waals surface area contributed by atoms with Crippen molar-refractivity contribution < 1.29 is 14.6 Å². The van der Waals surface area contributed by atoms with Crippen molar-refractivity contribution in [1.29, 1.82) is 0 Å². The van der Waals surface area contributed by atoms with Gasteiger partial charge >= 0.3 is 5.97 Å². The molecule has 1 aliphatic rings. The third kappa shape index (κ3) is 2.36. The van der Waals surface area contributed by atoms with Gasteiger partial charge in [0.25, 0.3) is 0 Å². The molecule has 1 saturated heterocycles. The predicted molar refractivity (Wildman–Crippen MR) is 42.3 cm³/mol. The number of carbonyl (C=O) groups is 1. The summed E-state index contributed by atoms with van der Waals surface area (Å²) in [6.45, 7) is 0. The highest BCUT2D eigenvalue weighted by molar-refractivity contribution is 7.99. The Morgan fingerprint density at radius 1 is 1.73 bits per heavy atom. The average Bonchev–Trinajstić information content (AvgIpc) is 2.03. The second-order valence-electron chi connectivity index (χ2n) is 2.30. The molecule has 0 spiro atoms. The van der Waals surface area contributed by atoms with Crippen LogP contribution in [0.1, 0.15) is 0 Å². The molecular formula is C6H11NO3S. The maximum atomic E-state index is 10.9. The number of methoxy groups -OCH3 is 1. The van der Waals surface area contributed by atoms with Gasteiger partial charge in [-0.15, -0.1) is 0 Å². The average molecular weight is 177 g/mol. The Hall–Kier alpha value is -0.260. The van der Waals surface area contributed by atoms with Crippen LogP contribution in [0.15, 0.2) is 0 Å². The molecule has 11 heavy (non-hydrogen) atoms. The topological polar surface area (TPSA) is 58.6 Å². The van der Waals surface area contributed by atoms with E-state index in [1.807, 2.05) is 0 Å². The van der Waals surface area contributed by atoms with Crippen LogP contribution in [0.4, 0.5) is 0 Å². The summed E-state index contributed by atoms with van der Waals surface area (Å²) in [6, 6.07) is -0.353. The molecule has 0 amide bonds. The standard InChI is InChI=1S/C6H11NO3S/c1-10-6(9)4-2-11-3-5(8)7-4/h4-5,7-8H,2-3H2,1H3. The zero-order valence-electron chi connectivity index (χ0n) is 6.24. The molecule has 1 rings (SSSR count). The fraction of sp³-hybridized carbons (Fsp3) is 0.833. The Morgan fingerprint density at radius 3 is 3.00 bits per heavy atom. The first kappa shape index (κ1) is 8.83. The van der Waals surface area contributed by atoms with Gasteiger partial charge in [0.2, 0.25) is 0 Å². The first-order valence-corrected chi connectivity index (χ1v) is 4.49. The summed E-state index contributed by atoms with van der Waals surface area (Å²) in [6.07, 6.45) is -0.585. The molecule has 5 heteroatoms. The number of aliphatic hydroxyl groups is 1. The summed E-state index contributed by atoms with van der Waals surface area (Å²) < 4.78 is 4.51. The van der Waals surface area contributed by atoms with E-state index in [1.54, 1.807) is 11.8 Å². The van der Waals surface area contributed by atoms with Crippen LogP contribution in [0.2, 0.25) is 0 Å². The summed E-state index contributed by atoms with van der Waals surface area (Å²) in [5.41, 5.74) is 0. The van der Waals surface area contributed by atoms with Crippen LogP contribution >= 0.6 is 11.8 Å². The number of hydrogen-bond donors (Lipinski definition) is 2. The summed E-state index contributed by atoms with van der Waals surface area (Å²) in [5.74, 6) is 0.994. The summed E-state index contributed by atoms with van der Waals surface area (Å²) in [5, 5.41) is 11.8. The number of thioether (sulfide) groups is 1. The quantitative estimate of drug-likeness (QED) is 0.513. The van der Waals surface area contributed by atoms with E-state index in [9.17, 15) is 4.79 Å². The lowest BCUT2D eigenvalue weighted by Crippen LogP contribution is -2.49. The molecule has 1 aliphatic heterocycles. The summed E-state index contributed by atoms with van der Waals surface area (Å²) in [4.78, 5) is 10.9. The van der Waals surface area contributed by atoms with Gasteiger partial charge in [0.05, 0.1) is 7.11 Å². The Labute approximate surface area is 69.3 Å². The van der Waals surface area contributed by atoms with E-state index < -0.39 is 6.23 Å². The van der Waals surface area contributed by atoms with Crippen molar-refractivity contribution in [3.8, 4) is 0 Å². The van der Waals surface area contributed by atoms with Crippen LogP contribution in [0.3, 0.4) is 0 Å². The highest BCUT2D eigenvalue weighted by Gasteiger charge is 2.25. The summed E-state index contributed by atoms with van der Waals surface area (Å²) >= 11 is 1.54. The first-order chi connectivity index (χ1) is 5.24. The molecule has 1 fully saturated rings. The number of carbonyl (C=O) groups excluding carboxylic acids is 1. The number of ether oxygens (including phenoxy) is 1. The Bertz CT molecular complexity index is 153. The van der Waals surface area contributed by atoms with Gasteiger partial charge in [-0.1, -0.05) is 0 Å². The van der Waals surface area contributed by atoms with E-state index in [-0.39, 0.29) is 12.0 Å². The third-order valence-electron chi connectivity index (χ3n) is 1.44. The lowest BCUT2D eigenvalue weighted by atomic mass is 10.3. The lowest BCUT2D eigenvalue weighted by molar-refractivity contribution is -0.143. The SMILES string of the molecule is COC(=O)C1CSCC(O)N1. The number of esters is 1. The van der Waals surface area contributed by atoms with Gasteiger partial charge in [0.15, 0.2) is 0 Å². The fourth-order valence-electron chi connectivity index (χ4n) is 0.904. The van der Waals surface area contributed by atoms with E-state index in [0.29, 0.717) is 11.5 Å². The Morgan fingerprint density at radius 2 is 2.45 bits per heavy atom. The molecule has 64 valence electrons. The molecule has 0 radical (unpaired) electrons.